The molecule has 1 aromatic carbocycles. The van der Waals surface area contributed by atoms with Gasteiger partial charge in [-0.05, 0) is 6.42 Å². The summed E-state index contributed by atoms with van der Waals surface area (Å²) < 4.78 is 1.48. The van der Waals surface area contributed by atoms with Crippen molar-refractivity contribution in [2.75, 3.05) is 11.6 Å². The minimum Gasteiger partial charge on any atom is -0.382 e. The van der Waals surface area contributed by atoms with Gasteiger partial charge in [-0.2, -0.15) is 0 Å². The van der Waals surface area contributed by atoms with Crippen LogP contribution in [0.2, 0.25) is 0 Å². The van der Waals surface area contributed by atoms with Crippen molar-refractivity contribution in [2.45, 2.75) is 19.8 Å². The maximum atomic E-state index is 5.94. The minimum atomic E-state index is 0.523. The highest BCUT2D eigenvalue weighted by Crippen LogP contribution is 2.24. The van der Waals surface area contributed by atoms with Crippen molar-refractivity contribution >= 4 is 5.82 Å². The van der Waals surface area contributed by atoms with Gasteiger partial charge in [0.15, 0.2) is 5.82 Å². The summed E-state index contributed by atoms with van der Waals surface area (Å²) in [7, 11) is 0. The first kappa shape index (κ1) is 10.5. The number of nitrogens with zero attached hydrogens (tertiary/aromatic N) is 2. The summed E-state index contributed by atoms with van der Waals surface area (Å²) >= 11 is 0. The van der Waals surface area contributed by atoms with E-state index >= 15 is 0 Å². The van der Waals surface area contributed by atoms with Crippen molar-refractivity contribution in [3.05, 3.63) is 36.2 Å². The molecule has 0 aliphatic heterocycles. The van der Waals surface area contributed by atoms with Crippen molar-refractivity contribution in [1.29, 1.82) is 0 Å². The Morgan fingerprint density at radius 1 is 1.25 bits per heavy atom. The molecule has 4 N–H and O–H groups in total. The fraction of sp³-hybridized carbons (Fsp3) is 0.250. The Kier molecular flexibility index (Phi) is 2.81. The van der Waals surface area contributed by atoms with Crippen LogP contribution in [0.15, 0.2) is 30.3 Å². The van der Waals surface area contributed by atoms with Gasteiger partial charge in [0.2, 0.25) is 0 Å². The molecule has 16 heavy (non-hydrogen) atoms. The van der Waals surface area contributed by atoms with E-state index in [-0.39, 0.29) is 0 Å². The fourth-order valence-electron chi connectivity index (χ4n) is 1.70. The lowest BCUT2D eigenvalue weighted by Crippen LogP contribution is -2.15. The molecule has 1 aromatic heterocycles. The number of rotatable bonds is 3. The molecule has 0 aliphatic carbocycles. The molecule has 4 nitrogen and oxygen atoms in total. The lowest BCUT2D eigenvalue weighted by molar-refractivity contribution is 0.794. The lowest BCUT2D eigenvalue weighted by Gasteiger charge is -2.00. The van der Waals surface area contributed by atoms with E-state index in [4.69, 9.17) is 11.6 Å². The number of aromatic nitrogens is 2. The normalized spacial score (nSPS) is 10.6. The standard InChI is InChI=1S/C12H16N4/c1-2-6-10-15-11(12(13)16(10)14)9-7-4-3-5-8-9/h3-5,7-8H,2,6,13-14H2,1H3. The number of imidazole rings is 1. The van der Waals surface area contributed by atoms with E-state index in [9.17, 15) is 0 Å². The number of anilines is 1. The SMILES string of the molecule is CCCc1nc(-c2ccccc2)c(N)n1N. The van der Waals surface area contributed by atoms with Crippen LogP contribution in [-0.4, -0.2) is 9.66 Å². The maximum absolute atomic E-state index is 5.94. The Bertz CT molecular complexity index is 473. The fourth-order valence-corrected chi connectivity index (χ4v) is 1.70. The predicted molar refractivity (Wildman–Crippen MR) is 66.2 cm³/mol. The summed E-state index contributed by atoms with van der Waals surface area (Å²) in [4.78, 5) is 4.48. The zero-order valence-corrected chi connectivity index (χ0v) is 9.35. The van der Waals surface area contributed by atoms with E-state index in [1.807, 2.05) is 30.3 Å². The highest BCUT2D eigenvalue weighted by atomic mass is 15.4. The zero-order chi connectivity index (χ0) is 11.5. The van der Waals surface area contributed by atoms with Gasteiger partial charge in [0.1, 0.15) is 11.5 Å². The van der Waals surface area contributed by atoms with Crippen LogP contribution in [0.3, 0.4) is 0 Å². The summed E-state index contributed by atoms with van der Waals surface area (Å²) in [5.41, 5.74) is 7.71. The maximum Gasteiger partial charge on any atom is 0.150 e. The smallest absolute Gasteiger partial charge is 0.150 e. The van der Waals surface area contributed by atoms with Gasteiger partial charge in [-0.3, -0.25) is 0 Å². The molecule has 0 unspecified atom stereocenters. The highest BCUT2D eigenvalue weighted by Gasteiger charge is 2.13. The van der Waals surface area contributed by atoms with Gasteiger partial charge in [-0.25, -0.2) is 9.66 Å². The number of nitrogen functional groups attached to an aromatic ring is 2. The molecule has 84 valence electrons. The summed E-state index contributed by atoms with van der Waals surface area (Å²) in [5, 5.41) is 0. The Morgan fingerprint density at radius 3 is 2.56 bits per heavy atom. The van der Waals surface area contributed by atoms with E-state index in [0.717, 1.165) is 29.9 Å². The van der Waals surface area contributed by atoms with Crippen LogP contribution in [-0.2, 0) is 6.42 Å². The molecule has 0 spiro atoms. The predicted octanol–water partition coefficient (Wildman–Crippen LogP) is 1.80. The Labute approximate surface area is 94.9 Å². The largest absolute Gasteiger partial charge is 0.382 e. The molecule has 2 rings (SSSR count). The molecular formula is C12H16N4. The molecule has 0 saturated carbocycles. The molecular weight excluding hydrogens is 200 g/mol. The summed E-state index contributed by atoms with van der Waals surface area (Å²) in [6.45, 7) is 2.09. The second kappa shape index (κ2) is 4.26. The second-order valence-corrected chi connectivity index (χ2v) is 3.75. The van der Waals surface area contributed by atoms with Crippen LogP contribution < -0.4 is 11.6 Å². The number of benzene rings is 1. The number of hydrogen-bond acceptors (Lipinski definition) is 3. The third-order valence-corrected chi connectivity index (χ3v) is 2.54. The number of aryl methyl sites for hydroxylation is 1. The van der Waals surface area contributed by atoms with Gasteiger partial charge in [0.25, 0.3) is 0 Å². The van der Waals surface area contributed by atoms with Gasteiger partial charge in [-0.1, -0.05) is 37.3 Å². The third kappa shape index (κ3) is 1.74. The van der Waals surface area contributed by atoms with Crippen molar-refractivity contribution in [2.24, 2.45) is 0 Å². The molecule has 0 radical (unpaired) electrons. The molecule has 0 aliphatic rings. The number of hydrogen-bond donors (Lipinski definition) is 2. The molecule has 1 heterocycles. The van der Waals surface area contributed by atoms with Crippen molar-refractivity contribution in [3.63, 3.8) is 0 Å². The van der Waals surface area contributed by atoms with Crippen molar-refractivity contribution in [3.8, 4) is 11.3 Å². The first-order chi connectivity index (χ1) is 7.74. The van der Waals surface area contributed by atoms with Gasteiger partial charge < -0.3 is 11.6 Å². The van der Waals surface area contributed by atoms with Gasteiger partial charge in [0.05, 0.1) is 0 Å². The van der Waals surface area contributed by atoms with Crippen molar-refractivity contribution in [1.82, 2.24) is 9.66 Å². The topological polar surface area (TPSA) is 69.9 Å². The second-order valence-electron chi connectivity index (χ2n) is 3.75. The first-order valence-corrected chi connectivity index (χ1v) is 5.41. The molecule has 4 heteroatoms. The summed E-state index contributed by atoms with van der Waals surface area (Å²) in [6.07, 6.45) is 1.84. The van der Waals surface area contributed by atoms with E-state index in [1.54, 1.807) is 0 Å². The Hall–Kier alpha value is -1.97. The van der Waals surface area contributed by atoms with Crippen LogP contribution in [0, 0.1) is 0 Å². The molecule has 0 atom stereocenters. The first-order valence-electron chi connectivity index (χ1n) is 5.41. The quantitative estimate of drug-likeness (QED) is 0.768. The van der Waals surface area contributed by atoms with Crippen LogP contribution in [0.5, 0.6) is 0 Å². The zero-order valence-electron chi connectivity index (χ0n) is 9.35. The van der Waals surface area contributed by atoms with Gasteiger partial charge >= 0.3 is 0 Å². The molecule has 0 saturated heterocycles. The van der Waals surface area contributed by atoms with Crippen molar-refractivity contribution < 1.29 is 0 Å². The lowest BCUT2D eigenvalue weighted by atomic mass is 10.1. The Morgan fingerprint density at radius 2 is 1.94 bits per heavy atom. The van der Waals surface area contributed by atoms with E-state index in [2.05, 4.69) is 11.9 Å². The van der Waals surface area contributed by atoms with E-state index in [0.29, 0.717) is 5.82 Å². The highest BCUT2D eigenvalue weighted by molar-refractivity contribution is 5.70. The van der Waals surface area contributed by atoms with Gasteiger partial charge in [-0.15, -0.1) is 0 Å². The van der Waals surface area contributed by atoms with E-state index < -0.39 is 0 Å². The molecule has 0 amide bonds. The Balaban J connectivity index is 2.46. The van der Waals surface area contributed by atoms with Crippen LogP contribution >= 0.6 is 0 Å². The van der Waals surface area contributed by atoms with Crippen LogP contribution in [0.1, 0.15) is 19.2 Å². The van der Waals surface area contributed by atoms with E-state index in [1.165, 1.54) is 4.68 Å². The van der Waals surface area contributed by atoms with Crippen LogP contribution in [0.4, 0.5) is 5.82 Å². The monoisotopic (exact) mass is 216 g/mol. The average molecular weight is 216 g/mol. The third-order valence-electron chi connectivity index (χ3n) is 2.54. The molecule has 0 fully saturated rings. The number of nitrogens with two attached hydrogens (primary N) is 2. The molecule has 2 aromatic rings. The average Bonchev–Trinajstić information content (AvgIpc) is 2.59. The molecule has 0 bridgehead atoms. The summed E-state index contributed by atoms with van der Waals surface area (Å²) in [6, 6.07) is 9.85. The van der Waals surface area contributed by atoms with Crippen LogP contribution in [0.25, 0.3) is 11.3 Å². The van der Waals surface area contributed by atoms with Gasteiger partial charge in [0, 0.05) is 12.0 Å². The minimum absolute atomic E-state index is 0.523. The summed E-state index contributed by atoms with van der Waals surface area (Å²) in [5.74, 6) is 7.21.